The van der Waals surface area contributed by atoms with Gasteiger partial charge in [-0.25, -0.2) is 18.2 Å². The number of rotatable bonds is 5. The summed E-state index contributed by atoms with van der Waals surface area (Å²) in [5, 5.41) is 9.84. The van der Waals surface area contributed by atoms with Gasteiger partial charge >= 0.3 is 0 Å². The van der Waals surface area contributed by atoms with Gasteiger partial charge in [0.05, 0.1) is 17.1 Å². The Kier molecular flexibility index (Phi) is 3.88. The largest absolute Gasteiger partial charge is 0.296 e. The monoisotopic (exact) mass is 360 g/mol. The fourth-order valence-electron chi connectivity index (χ4n) is 3.36. The third-order valence-electron chi connectivity index (χ3n) is 4.66. The SMILES string of the molecule is NS(=O)(=O)CC1CC(=O)N(c2cc(C3CC3)nn2-c2ccccc2)C1. The molecule has 1 aromatic carbocycles. The fourth-order valence-corrected chi connectivity index (χ4v) is 4.24. The van der Waals surface area contributed by atoms with Crippen molar-refractivity contribution in [3.63, 3.8) is 0 Å². The van der Waals surface area contributed by atoms with Gasteiger partial charge in [-0.3, -0.25) is 9.69 Å². The van der Waals surface area contributed by atoms with Crippen molar-refractivity contribution in [3.05, 3.63) is 42.1 Å². The standard InChI is InChI=1S/C17H20N4O3S/c18-25(23,24)11-12-8-17(22)20(10-12)16-9-15(13-6-7-13)19-21(16)14-4-2-1-3-5-14/h1-5,9,12-13H,6-8,10-11H2,(H2,18,23,24). The van der Waals surface area contributed by atoms with E-state index in [1.54, 1.807) is 9.58 Å². The van der Waals surface area contributed by atoms with E-state index in [4.69, 9.17) is 10.2 Å². The molecule has 2 aromatic rings. The van der Waals surface area contributed by atoms with Gasteiger partial charge < -0.3 is 0 Å². The average molecular weight is 360 g/mol. The molecule has 25 heavy (non-hydrogen) atoms. The van der Waals surface area contributed by atoms with Gasteiger partial charge in [0.1, 0.15) is 5.82 Å². The van der Waals surface area contributed by atoms with Crippen LogP contribution in [0.4, 0.5) is 5.82 Å². The number of carbonyl (C=O) groups is 1. The maximum Gasteiger partial charge on any atom is 0.228 e. The summed E-state index contributed by atoms with van der Waals surface area (Å²) >= 11 is 0. The molecule has 1 unspecified atom stereocenters. The highest BCUT2D eigenvalue weighted by molar-refractivity contribution is 7.89. The Balaban J connectivity index is 1.68. The minimum atomic E-state index is -3.60. The lowest BCUT2D eigenvalue weighted by Crippen LogP contribution is -2.29. The molecule has 1 saturated heterocycles. The molecular formula is C17H20N4O3S. The zero-order chi connectivity index (χ0) is 17.6. The highest BCUT2D eigenvalue weighted by Gasteiger charge is 2.36. The number of primary sulfonamides is 1. The van der Waals surface area contributed by atoms with Crippen LogP contribution in [0.5, 0.6) is 0 Å². The third kappa shape index (κ3) is 3.45. The molecule has 2 heterocycles. The minimum absolute atomic E-state index is 0.0897. The zero-order valence-electron chi connectivity index (χ0n) is 13.7. The van der Waals surface area contributed by atoms with Crippen LogP contribution in [0.15, 0.2) is 36.4 Å². The number of benzene rings is 1. The first kappa shape index (κ1) is 16.3. The lowest BCUT2D eigenvalue weighted by Gasteiger charge is -2.18. The molecule has 1 atom stereocenters. The van der Waals surface area contributed by atoms with Crippen LogP contribution in [0.1, 0.15) is 30.9 Å². The summed E-state index contributed by atoms with van der Waals surface area (Å²) in [6.07, 6.45) is 2.43. The van der Waals surface area contributed by atoms with Gasteiger partial charge in [-0.15, -0.1) is 0 Å². The number of anilines is 1. The molecule has 132 valence electrons. The van der Waals surface area contributed by atoms with Crippen molar-refractivity contribution in [2.75, 3.05) is 17.2 Å². The number of hydrogen-bond acceptors (Lipinski definition) is 4. The molecule has 1 saturated carbocycles. The Morgan fingerprint density at radius 1 is 1.20 bits per heavy atom. The summed E-state index contributed by atoms with van der Waals surface area (Å²) in [5.41, 5.74) is 1.87. The van der Waals surface area contributed by atoms with Gasteiger partial charge in [0.25, 0.3) is 0 Å². The van der Waals surface area contributed by atoms with Crippen LogP contribution in [0.3, 0.4) is 0 Å². The Morgan fingerprint density at radius 3 is 2.56 bits per heavy atom. The smallest absolute Gasteiger partial charge is 0.228 e. The highest BCUT2D eigenvalue weighted by Crippen LogP contribution is 2.41. The summed E-state index contributed by atoms with van der Waals surface area (Å²) in [7, 11) is -3.60. The summed E-state index contributed by atoms with van der Waals surface area (Å²) in [5.74, 6) is 0.611. The van der Waals surface area contributed by atoms with Crippen LogP contribution >= 0.6 is 0 Å². The summed E-state index contributed by atoms with van der Waals surface area (Å²) in [6, 6.07) is 11.6. The molecule has 2 N–H and O–H groups in total. The number of carbonyl (C=O) groups excluding carboxylic acids is 1. The fraction of sp³-hybridized carbons (Fsp3) is 0.412. The van der Waals surface area contributed by atoms with Crippen LogP contribution in [0, 0.1) is 5.92 Å². The van der Waals surface area contributed by atoms with Gasteiger partial charge in [-0.2, -0.15) is 5.10 Å². The molecule has 1 aromatic heterocycles. The Labute approximate surface area is 146 Å². The Bertz CT molecular complexity index is 903. The van der Waals surface area contributed by atoms with E-state index < -0.39 is 10.0 Å². The number of hydrogen-bond donors (Lipinski definition) is 1. The molecular weight excluding hydrogens is 340 g/mol. The van der Waals surface area contributed by atoms with E-state index in [0.717, 1.165) is 24.2 Å². The van der Waals surface area contributed by atoms with Crippen LogP contribution in [0.2, 0.25) is 0 Å². The minimum Gasteiger partial charge on any atom is -0.296 e. The lowest BCUT2D eigenvalue weighted by atomic mass is 10.1. The molecule has 0 spiro atoms. The first-order chi connectivity index (χ1) is 11.9. The van der Waals surface area contributed by atoms with E-state index >= 15 is 0 Å². The topological polar surface area (TPSA) is 98.3 Å². The Hall–Kier alpha value is -2.19. The summed E-state index contributed by atoms with van der Waals surface area (Å²) in [4.78, 5) is 14.1. The predicted octanol–water partition coefficient (Wildman–Crippen LogP) is 1.39. The van der Waals surface area contributed by atoms with E-state index in [9.17, 15) is 13.2 Å². The maximum atomic E-state index is 12.5. The van der Waals surface area contributed by atoms with Crippen LogP contribution in [-0.2, 0) is 14.8 Å². The molecule has 1 amide bonds. The first-order valence-corrected chi connectivity index (χ1v) is 10.1. The van der Waals surface area contributed by atoms with E-state index in [-0.39, 0.29) is 24.0 Å². The van der Waals surface area contributed by atoms with E-state index in [0.29, 0.717) is 18.3 Å². The quantitative estimate of drug-likeness (QED) is 0.871. The molecule has 2 fully saturated rings. The molecule has 1 aliphatic heterocycles. The summed E-state index contributed by atoms with van der Waals surface area (Å²) < 4.78 is 24.5. The second kappa shape index (κ2) is 5.96. The number of nitrogens with zero attached hydrogens (tertiary/aromatic N) is 3. The highest BCUT2D eigenvalue weighted by atomic mass is 32.2. The van der Waals surface area contributed by atoms with Crippen molar-refractivity contribution < 1.29 is 13.2 Å². The number of aromatic nitrogens is 2. The lowest BCUT2D eigenvalue weighted by molar-refractivity contribution is -0.117. The van der Waals surface area contributed by atoms with Crippen LogP contribution in [0.25, 0.3) is 5.69 Å². The van der Waals surface area contributed by atoms with Crippen molar-refractivity contribution in [1.82, 2.24) is 9.78 Å². The van der Waals surface area contributed by atoms with E-state index in [1.165, 1.54) is 0 Å². The molecule has 7 nitrogen and oxygen atoms in total. The normalized spacial score (nSPS) is 21.1. The second-order valence-corrected chi connectivity index (χ2v) is 8.51. The van der Waals surface area contributed by atoms with Crippen LogP contribution in [-0.4, -0.2) is 36.4 Å². The molecule has 0 radical (unpaired) electrons. The van der Waals surface area contributed by atoms with Gasteiger partial charge in [0, 0.05) is 30.9 Å². The van der Waals surface area contributed by atoms with Crippen molar-refractivity contribution in [2.24, 2.45) is 11.1 Å². The molecule has 4 rings (SSSR count). The van der Waals surface area contributed by atoms with E-state index in [2.05, 4.69) is 0 Å². The van der Waals surface area contributed by atoms with E-state index in [1.807, 2.05) is 36.4 Å². The molecule has 1 aliphatic carbocycles. The zero-order valence-corrected chi connectivity index (χ0v) is 14.5. The van der Waals surface area contributed by atoms with Gasteiger partial charge in [0.2, 0.25) is 15.9 Å². The van der Waals surface area contributed by atoms with Crippen LogP contribution < -0.4 is 10.0 Å². The average Bonchev–Trinajstić information content (AvgIpc) is 3.21. The number of para-hydroxylation sites is 1. The molecule has 0 bridgehead atoms. The van der Waals surface area contributed by atoms with Crippen molar-refractivity contribution >= 4 is 21.7 Å². The van der Waals surface area contributed by atoms with Gasteiger partial charge in [-0.1, -0.05) is 18.2 Å². The number of amides is 1. The van der Waals surface area contributed by atoms with Gasteiger partial charge in [0.15, 0.2) is 0 Å². The maximum absolute atomic E-state index is 12.5. The summed E-state index contributed by atoms with van der Waals surface area (Å²) in [6.45, 7) is 0.345. The number of sulfonamides is 1. The molecule has 2 aliphatic rings. The van der Waals surface area contributed by atoms with Crippen molar-refractivity contribution in [3.8, 4) is 5.69 Å². The first-order valence-electron chi connectivity index (χ1n) is 8.37. The Morgan fingerprint density at radius 2 is 1.92 bits per heavy atom. The third-order valence-corrected chi connectivity index (χ3v) is 5.59. The van der Waals surface area contributed by atoms with Gasteiger partial charge in [-0.05, 0) is 25.0 Å². The number of nitrogens with two attached hydrogens (primary N) is 1. The molecule has 8 heteroatoms. The van der Waals surface area contributed by atoms with Crippen molar-refractivity contribution in [1.29, 1.82) is 0 Å². The predicted molar refractivity (Wildman–Crippen MR) is 94.0 cm³/mol. The van der Waals surface area contributed by atoms with Crippen molar-refractivity contribution in [2.45, 2.75) is 25.2 Å². The second-order valence-electron chi connectivity index (χ2n) is 6.85.